The lowest BCUT2D eigenvalue weighted by Crippen LogP contribution is -2.20. The summed E-state index contributed by atoms with van der Waals surface area (Å²) in [7, 11) is 0. The molecule has 0 bridgehead atoms. The molecular weight excluding hydrogens is 397 g/mol. The zero-order chi connectivity index (χ0) is 15.1. The van der Waals surface area contributed by atoms with Crippen molar-refractivity contribution in [1.29, 1.82) is 0 Å². The van der Waals surface area contributed by atoms with Crippen LogP contribution in [0.25, 0.3) is 0 Å². The molecule has 0 radical (unpaired) electrons. The van der Waals surface area contributed by atoms with Crippen LogP contribution < -0.4 is 5.32 Å². The molecule has 1 amide bonds. The fourth-order valence-corrected chi connectivity index (χ4v) is 2.31. The first-order valence-corrected chi connectivity index (χ1v) is 7.64. The largest absolute Gasteiger partial charge is 0.450 e. The van der Waals surface area contributed by atoms with Crippen LogP contribution in [0.4, 0.5) is 10.5 Å². The lowest BCUT2D eigenvalue weighted by Gasteiger charge is -2.13. The number of halogens is 2. The monoisotopic (exact) mass is 411 g/mol. The first kappa shape index (κ1) is 17.2. The van der Waals surface area contributed by atoms with E-state index >= 15 is 0 Å². The summed E-state index contributed by atoms with van der Waals surface area (Å²) < 4.78 is 4.39. The van der Waals surface area contributed by atoms with Gasteiger partial charge in [-0.15, -0.1) is 0 Å². The Labute approximate surface area is 135 Å². The van der Waals surface area contributed by atoms with E-state index in [2.05, 4.69) is 5.32 Å². The molecule has 1 atom stereocenters. The van der Waals surface area contributed by atoms with Crippen molar-refractivity contribution in [3.63, 3.8) is 0 Å². The summed E-state index contributed by atoms with van der Waals surface area (Å²) in [5.41, 5.74) is 0.649. The second-order valence-electron chi connectivity index (χ2n) is 3.88. The molecule has 0 aromatic heterocycles. The maximum Gasteiger partial charge on any atom is 0.411 e. The van der Waals surface area contributed by atoms with Gasteiger partial charge in [-0.2, -0.15) is 0 Å². The average molecular weight is 412 g/mol. The summed E-state index contributed by atoms with van der Waals surface area (Å²) in [6.07, 6.45) is -0.291. The van der Waals surface area contributed by atoms with Crippen LogP contribution in [0.5, 0.6) is 0 Å². The van der Waals surface area contributed by atoms with E-state index < -0.39 is 6.09 Å². The zero-order valence-electron chi connectivity index (χ0n) is 10.9. The molecule has 1 aromatic rings. The van der Waals surface area contributed by atoms with E-state index in [4.69, 9.17) is 21.4 Å². The van der Waals surface area contributed by atoms with Crippen LogP contribution in [-0.4, -0.2) is 34.1 Å². The molecule has 1 rings (SSSR count). The van der Waals surface area contributed by atoms with Gasteiger partial charge in [0.2, 0.25) is 0 Å². The molecule has 5 nitrogen and oxygen atoms in total. The van der Waals surface area contributed by atoms with E-state index in [1.54, 1.807) is 19.1 Å². The summed E-state index contributed by atoms with van der Waals surface area (Å²) in [6, 6.07) is 4.62. The van der Waals surface area contributed by atoms with Crippen molar-refractivity contribution < 1.29 is 19.4 Å². The number of Topliss-reactive ketones (excluding diaryl/α,β-unsaturated/α-hetero) is 1. The van der Waals surface area contributed by atoms with E-state index in [1.165, 1.54) is 6.07 Å². The molecule has 2 N–H and O–H groups in total. The van der Waals surface area contributed by atoms with Gasteiger partial charge < -0.3 is 9.84 Å². The number of rotatable bonds is 6. The highest BCUT2D eigenvalue weighted by Crippen LogP contribution is 2.25. The second kappa shape index (κ2) is 8.43. The van der Waals surface area contributed by atoms with Gasteiger partial charge in [-0.05, 0) is 31.5 Å². The standard InChI is InChI=1S/C13H15ClINO4/c1-2-20-13(19)16-11-4-3-8(14)7-9(11)12(18)10(15)5-6-17/h3-4,7,10,17H,2,5-6H2,1H3,(H,16,19). The van der Waals surface area contributed by atoms with Gasteiger partial charge in [0.1, 0.15) is 0 Å². The van der Waals surface area contributed by atoms with Crippen LogP contribution in [-0.2, 0) is 4.74 Å². The highest BCUT2D eigenvalue weighted by molar-refractivity contribution is 14.1. The molecule has 0 saturated heterocycles. The summed E-state index contributed by atoms with van der Waals surface area (Å²) in [5, 5.41) is 11.8. The number of anilines is 1. The highest BCUT2D eigenvalue weighted by Gasteiger charge is 2.21. The fraction of sp³-hybridized carbons (Fsp3) is 0.385. The lowest BCUT2D eigenvalue weighted by atomic mass is 10.0. The Bertz CT molecular complexity index is 495. The number of alkyl halides is 1. The number of carbonyl (C=O) groups is 2. The number of hydrogen-bond donors (Lipinski definition) is 2. The van der Waals surface area contributed by atoms with Gasteiger partial charge in [-0.1, -0.05) is 34.2 Å². The Morgan fingerprint density at radius 3 is 2.80 bits per heavy atom. The molecule has 0 spiro atoms. The van der Waals surface area contributed by atoms with Gasteiger partial charge in [0.25, 0.3) is 0 Å². The van der Waals surface area contributed by atoms with E-state index in [-0.39, 0.29) is 22.9 Å². The Hall–Kier alpha value is -0.860. The Morgan fingerprint density at radius 2 is 2.20 bits per heavy atom. The highest BCUT2D eigenvalue weighted by atomic mass is 127. The van der Waals surface area contributed by atoms with Crippen LogP contribution in [0.15, 0.2) is 18.2 Å². The van der Waals surface area contributed by atoms with Gasteiger partial charge in [0.05, 0.1) is 16.2 Å². The molecule has 1 aromatic carbocycles. The smallest absolute Gasteiger partial charge is 0.411 e. The van der Waals surface area contributed by atoms with Crippen LogP contribution in [0.1, 0.15) is 23.7 Å². The van der Waals surface area contributed by atoms with Crippen molar-refractivity contribution in [2.45, 2.75) is 17.3 Å². The normalized spacial score (nSPS) is 11.8. The number of aliphatic hydroxyl groups is 1. The maximum absolute atomic E-state index is 12.3. The number of ketones is 1. The molecule has 0 aliphatic rings. The first-order chi connectivity index (χ1) is 9.49. The Morgan fingerprint density at radius 1 is 1.50 bits per heavy atom. The molecule has 0 saturated carbocycles. The van der Waals surface area contributed by atoms with Crippen molar-refractivity contribution in [1.82, 2.24) is 0 Å². The molecule has 0 aliphatic heterocycles. The summed E-state index contributed by atoms with van der Waals surface area (Å²) in [6.45, 7) is 1.85. The van der Waals surface area contributed by atoms with Crippen LogP contribution >= 0.6 is 34.2 Å². The van der Waals surface area contributed by atoms with Crippen LogP contribution in [0, 0.1) is 0 Å². The predicted octanol–water partition coefficient (Wildman–Crippen LogP) is 3.28. The van der Waals surface area contributed by atoms with Crippen molar-refractivity contribution in [3.05, 3.63) is 28.8 Å². The molecular formula is C13H15ClINO4. The molecule has 1 unspecified atom stereocenters. The predicted molar refractivity (Wildman–Crippen MR) is 85.9 cm³/mol. The van der Waals surface area contributed by atoms with E-state index in [0.717, 1.165) is 0 Å². The number of nitrogens with one attached hydrogen (secondary N) is 1. The fourth-order valence-electron chi connectivity index (χ4n) is 1.52. The summed E-state index contributed by atoms with van der Waals surface area (Å²) in [5.74, 6) is -0.200. The van der Waals surface area contributed by atoms with Crippen molar-refractivity contribution in [2.75, 3.05) is 18.5 Å². The maximum atomic E-state index is 12.3. The third kappa shape index (κ3) is 4.92. The van der Waals surface area contributed by atoms with Gasteiger partial charge in [0.15, 0.2) is 5.78 Å². The molecule has 0 aliphatic carbocycles. The number of ether oxygens (including phenoxy) is 1. The first-order valence-electron chi connectivity index (χ1n) is 6.02. The van der Waals surface area contributed by atoms with Crippen molar-refractivity contribution in [3.8, 4) is 0 Å². The van der Waals surface area contributed by atoms with Gasteiger partial charge >= 0.3 is 6.09 Å². The Kier molecular flexibility index (Phi) is 7.25. The van der Waals surface area contributed by atoms with E-state index in [0.29, 0.717) is 22.7 Å². The number of hydrogen-bond acceptors (Lipinski definition) is 4. The van der Waals surface area contributed by atoms with Crippen molar-refractivity contribution >= 4 is 51.8 Å². The molecule has 0 fully saturated rings. The van der Waals surface area contributed by atoms with Gasteiger partial charge in [-0.3, -0.25) is 10.1 Å². The lowest BCUT2D eigenvalue weighted by molar-refractivity contribution is 0.0985. The molecule has 20 heavy (non-hydrogen) atoms. The number of carbonyl (C=O) groups excluding carboxylic acids is 2. The zero-order valence-corrected chi connectivity index (χ0v) is 13.8. The average Bonchev–Trinajstić information content (AvgIpc) is 2.40. The second-order valence-corrected chi connectivity index (χ2v) is 5.82. The van der Waals surface area contributed by atoms with Crippen LogP contribution in [0.3, 0.4) is 0 Å². The van der Waals surface area contributed by atoms with Crippen molar-refractivity contribution in [2.24, 2.45) is 0 Å². The third-order valence-electron chi connectivity index (χ3n) is 2.43. The number of amides is 1. The Balaban J connectivity index is 3.01. The minimum atomic E-state index is -0.629. The quantitative estimate of drug-likeness (QED) is 0.428. The van der Waals surface area contributed by atoms with Gasteiger partial charge in [0, 0.05) is 17.2 Å². The molecule has 7 heteroatoms. The minimum absolute atomic E-state index is 0.0828. The minimum Gasteiger partial charge on any atom is -0.450 e. The topological polar surface area (TPSA) is 75.6 Å². The number of aliphatic hydroxyl groups excluding tert-OH is 1. The summed E-state index contributed by atoms with van der Waals surface area (Å²) >= 11 is 7.85. The SMILES string of the molecule is CCOC(=O)Nc1ccc(Cl)cc1C(=O)C(I)CCO. The molecule has 110 valence electrons. The summed E-state index contributed by atoms with van der Waals surface area (Å²) in [4.78, 5) is 23.7. The van der Waals surface area contributed by atoms with Gasteiger partial charge in [-0.25, -0.2) is 4.79 Å². The van der Waals surface area contributed by atoms with E-state index in [1.807, 2.05) is 22.6 Å². The van der Waals surface area contributed by atoms with Crippen LogP contribution in [0.2, 0.25) is 5.02 Å². The number of benzene rings is 1. The molecule has 0 heterocycles. The van der Waals surface area contributed by atoms with E-state index in [9.17, 15) is 9.59 Å². The third-order valence-corrected chi connectivity index (χ3v) is 3.85.